The summed E-state index contributed by atoms with van der Waals surface area (Å²) in [5.74, 6) is 2.30. The van der Waals surface area contributed by atoms with Gasteiger partial charge < -0.3 is 0 Å². The molecule has 2 saturated carbocycles. The fourth-order valence-corrected chi connectivity index (χ4v) is 2.62. The van der Waals surface area contributed by atoms with Crippen molar-refractivity contribution in [1.82, 2.24) is 29.1 Å². The number of aryl methyl sites for hydroxylation is 3. The molecule has 0 saturated heterocycles. The predicted molar refractivity (Wildman–Crippen MR) is 85.7 cm³/mol. The fourth-order valence-electron chi connectivity index (χ4n) is 2.62. The lowest BCUT2D eigenvalue weighted by atomic mass is 10.4. The monoisotopic (exact) mass is 320 g/mol. The smallest absolute Gasteiger partial charge is 0.293 e. The third-order valence-electron chi connectivity index (χ3n) is 4.14. The van der Waals surface area contributed by atoms with Crippen molar-refractivity contribution >= 4 is 0 Å². The van der Waals surface area contributed by atoms with Crippen LogP contribution in [0.1, 0.15) is 63.1 Å². The van der Waals surface area contributed by atoms with E-state index in [-0.39, 0.29) is 11.4 Å². The topological polar surface area (TPSA) is 90.5 Å². The summed E-state index contributed by atoms with van der Waals surface area (Å²) in [4.78, 5) is 25.2. The molecule has 0 aromatic carbocycles. The van der Waals surface area contributed by atoms with Crippen LogP contribution in [0.2, 0.25) is 0 Å². The van der Waals surface area contributed by atoms with Gasteiger partial charge in [-0.05, 0) is 46.5 Å². The van der Waals surface area contributed by atoms with Crippen LogP contribution in [0.15, 0.2) is 9.59 Å². The summed E-state index contributed by atoms with van der Waals surface area (Å²) in [5, 5.41) is 8.30. The Labute approximate surface area is 134 Å². The van der Waals surface area contributed by atoms with Crippen molar-refractivity contribution in [3.8, 4) is 0 Å². The van der Waals surface area contributed by atoms with Crippen molar-refractivity contribution in [3.63, 3.8) is 0 Å². The Morgan fingerprint density at radius 3 is 2.09 bits per heavy atom. The number of hydrogen-bond donors (Lipinski definition) is 1. The van der Waals surface area contributed by atoms with Crippen LogP contribution >= 0.6 is 0 Å². The van der Waals surface area contributed by atoms with Gasteiger partial charge in [-0.15, -0.1) is 0 Å². The molecule has 0 unspecified atom stereocenters. The molecule has 2 fully saturated rings. The van der Waals surface area contributed by atoms with E-state index in [1.54, 1.807) is 11.6 Å². The molecule has 0 spiro atoms. The highest BCUT2D eigenvalue weighted by molar-refractivity contribution is 5.08. The zero-order chi connectivity index (χ0) is 16.6. The second kappa shape index (κ2) is 6.17. The van der Waals surface area contributed by atoms with Gasteiger partial charge in [-0.1, -0.05) is 0 Å². The maximum Gasteiger partial charge on any atom is 0.346 e. The molecule has 0 bridgehead atoms. The number of nitrogens with zero attached hydrogens (tertiary/aromatic N) is 5. The molecule has 0 amide bonds. The first-order valence-electron chi connectivity index (χ1n) is 8.38. The molecule has 126 valence electrons. The molecule has 2 aromatic rings. The normalized spacial score (nSPS) is 17.0. The van der Waals surface area contributed by atoms with E-state index in [2.05, 4.69) is 15.2 Å². The first kappa shape index (κ1) is 15.8. The van der Waals surface area contributed by atoms with E-state index in [1.165, 1.54) is 17.5 Å². The minimum absolute atomic E-state index is 0.108. The molecule has 23 heavy (non-hydrogen) atoms. The second-order valence-corrected chi connectivity index (χ2v) is 6.16. The van der Waals surface area contributed by atoms with E-state index in [0.29, 0.717) is 30.9 Å². The third kappa shape index (κ3) is 3.30. The Kier molecular flexibility index (Phi) is 4.23. The number of aromatic nitrogens is 6. The van der Waals surface area contributed by atoms with Crippen LogP contribution in [0.3, 0.4) is 0 Å². The Hall–Kier alpha value is -2.12. The SMILES string of the molecule is CCn1nc(C)[nH]c1=O.CCn1nc(C2CC2)n(C2CC2)c1=O. The Morgan fingerprint density at radius 2 is 1.70 bits per heavy atom. The van der Waals surface area contributed by atoms with E-state index in [9.17, 15) is 9.59 Å². The summed E-state index contributed by atoms with van der Waals surface area (Å²) in [7, 11) is 0. The van der Waals surface area contributed by atoms with Crippen molar-refractivity contribution in [1.29, 1.82) is 0 Å². The lowest BCUT2D eigenvalue weighted by Gasteiger charge is -1.99. The first-order chi connectivity index (χ1) is 11.0. The van der Waals surface area contributed by atoms with Crippen molar-refractivity contribution in [2.24, 2.45) is 0 Å². The Bertz CT molecular complexity index is 788. The molecule has 2 heterocycles. The maximum absolute atomic E-state index is 11.9. The number of H-pyrrole nitrogens is 1. The van der Waals surface area contributed by atoms with Gasteiger partial charge in [0.05, 0.1) is 0 Å². The van der Waals surface area contributed by atoms with Crippen LogP contribution in [0.4, 0.5) is 0 Å². The first-order valence-corrected chi connectivity index (χ1v) is 8.38. The minimum atomic E-state index is -0.130. The third-order valence-corrected chi connectivity index (χ3v) is 4.14. The average Bonchev–Trinajstić information content (AvgIpc) is 3.44. The Morgan fingerprint density at radius 1 is 1.04 bits per heavy atom. The summed E-state index contributed by atoms with van der Waals surface area (Å²) in [6.45, 7) is 6.93. The molecule has 2 aliphatic rings. The maximum atomic E-state index is 11.9. The van der Waals surface area contributed by atoms with Crippen molar-refractivity contribution < 1.29 is 0 Å². The van der Waals surface area contributed by atoms with Gasteiger partial charge in [-0.25, -0.2) is 19.0 Å². The molecule has 0 radical (unpaired) electrons. The van der Waals surface area contributed by atoms with Gasteiger partial charge in [0.15, 0.2) is 0 Å². The fraction of sp³-hybridized carbons (Fsp3) is 0.733. The molecule has 0 aliphatic heterocycles. The molecule has 8 heteroatoms. The van der Waals surface area contributed by atoms with E-state index >= 15 is 0 Å². The van der Waals surface area contributed by atoms with Crippen LogP contribution < -0.4 is 11.4 Å². The van der Waals surface area contributed by atoms with Crippen molar-refractivity contribution in [2.45, 2.75) is 71.5 Å². The van der Waals surface area contributed by atoms with Crippen molar-refractivity contribution in [2.75, 3.05) is 0 Å². The molecule has 1 N–H and O–H groups in total. The summed E-state index contributed by atoms with van der Waals surface area (Å²) in [6, 6.07) is 0.471. The second-order valence-electron chi connectivity index (χ2n) is 6.16. The van der Waals surface area contributed by atoms with Gasteiger partial charge in [0.2, 0.25) is 0 Å². The number of aromatic amines is 1. The number of rotatable bonds is 4. The highest BCUT2D eigenvalue weighted by Gasteiger charge is 2.36. The van der Waals surface area contributed by atoms with Gasteiger partial charge in [-0.3, -0.25) is 9.55 Å². The van der Waals surface area contributed by atoms with Crippen LogP contribution in [-0.4, -0.2) is 29.1 Å². The predicted octanol–water partition coefficient (Wildman–Crippen LogP) is 1.18. The number of nitrogens with one attached hydrogen (secondary N) is 1. The van der Waals surface area contributed by atoms with Crippen LogP contribution in [-0.2, 0) is 13.1 Å². The Balaban J connectivity index is 0.000000151. The average molecular weight is 320 g/mol. The highest BCUT2D eigenvalue weighted by Crippen LogP contribution is 2.43. The minimum Gasteiger partial charge on any atom is -0.293 e. The van der Waals surface area contributed by atoms with Gasteiger partial charge >= 0.3 is 11.4 Å². The summed E-state index contributed by atoms with van der Waals surface area (Å²) >= 11 is 0. The number of hydrogen-bond acceptors (Lipinski definition) is 4. The zero-order valence-electron chi connectivity index (χ0n) is 13.9. The molecule has 8 nitrogen and oxygen atoms in total. The quantitative estimate of drug-likeness (QED) is 0.916. The molecular formula is C15H24N6O2. The van der Waals surface area contributed by atoms with Crippen LogP contribution in [0.5, 0.6) is 0 Å². The standard InChI is InChI=1S/C10H15N3O.C5H9N3O/c1-2-12-10(14)13(8-5-6-8)9(11-12)7-3-4-7;1-3-8-5(9)6-4(2)7-8/h7-8H,2-6H2,1H3;3H2,1-2H3,(H,6,7,9). The summed E-state index contributed by atoms with van der Waals surface area (Å²) < 4.78 is 4.93. The molecule has 0 atom stereocenters. The summed E-state index contributed by atoms with van der Waals surface area (Å²) in [5.41, 5.74) is -0.0214. The highest BCUT2D eigenvalue weighted by atomic mass is 16.2. The van der Waals surface area contributed by atoms with Gasteiger partial charge in [0.1, 0.15) is 11.6 Å². The summed E-state index contributed by atoms with van der Waals surface area (Å²) in [6.07, 6.45) is 4.75. The molecular weight excluding hydrogens is 296 g/mol. The lowest BCUT2D eigenvalue weighted by Crippen LogP contribution is -2.24. The van der Waals surface area contributed by atoms with Gasteiger partial charge in [0.25, 0.3) is 0 Å². The largest absolute Gasteiger partial charge is 0.346 e. The van der Waals surface area contributed by atoms with E-state index in [1.807, 2.05) is 18.4 Å². The van der Waals surface area contributed by atoms with E-state index < -0.39 is 0 Å². The van der Waals surface area contributed by atoms with Crippen LogP contribution in [0.25, 0.3) is 0 Å². The van der Waals surface area contributed by atoms with E-state index in [4.69, 9.17) is 0 Å². The van der Waals surface area contributed by atoms with Crippen molar-refractivity contribution in [3.05, 3.63) is 32.6 Å². The van der Waals surface area contributed by atoms with Crippen LogP contribution in [0, 0.1) is 6.92 Å². The molecule has 2 aliphatic carbocycles. The van der Waals surface area contributed by atoms with Gasteiger partial charge in [-0.2, -0.15) is 10.2 Å². The zero-order valence-corrected chi connectivity index (χ0v) is 13.9. The molecule has 2 aromatic heterocycles. The molecule has 4 rings (SSSR count). The lowest BCUT2D eigenvalue weighted by molar-refractivity contribution is 0.607. The van der Waals surface area contributed by atoms with Gasteiger partial charge in [0, 0.05) is 25.0 Å². The van der Waals surface area contributed by atoms with E-state index in [0.717, 1.165) is 18.7 Å².